The predicted octanol–water partition coefficient (Wildman–Crippen LogP) is 4.98. The van der Waals surface area contributed by atoms with Crippen LogP contribution in [0.3, 0.4) is 0 Å². The third-order valence-electron chi connectivity index (χ3n) is 3.37. The van der Waals surface area contributed by atoms with Crippen LogP contribution >= 0.6 is 11.6 Å². The zero-order valence-electron chi connectivity index (χ0n) is 12.9. The molecule has 112 valence electrons. The van der Waals surface area contributed by atoms with Crippen LogP contribution in [0.4, 0.5) is 0 Å². The maximum atomic E-state index is 6.27. The first-order chi connectivity index (χ1) is 9.88. The molecule has 2 rings (SSSR count). The molecule has 2 N–H and O–H groups in total. The molecule has 2 aromatic rings. The number of hydrogen-bond donors (Lipinski definition) is 1. The van der Waals surface area contributed by atoms with Gasteiger partial charge in [0.25, 0.3) is 0 Å². The number of aromatic nitrogens is 1. The molecule has 0 aliphatic rings. The topological polar surface area (TPSA) is 48.1 Å². The summed E-state index contributed by atoms with van der Waals surface area (Å²) in [5.41, 5.74) is 8.72. The third kappa shape index (κ3) is 3.74. The first-order valence-electron chi connectivity index (χ1n) is 7.08. The lowest BCUT2D eigenvalue weighted by atomic mass is 10.0. The van der Waals surface area contributed by atoms with E-state index in [-0.39, 0.29) is 6.04 Å². The van der Waals surface area contributed by atoms with Crippen molar-refractivity contribution in [1.82, 2.24) is 4.98 Å². The summed E-state index contributed by atoms with van der Waals surface area (Å²) in [6, 6.07) is 7.63. The predicted molar refractivity (Wildman–Crippen MR) is 87.2 cm³/mol. The van der Waals surface area contributed by atoms with Gasteiger partial charge in [0.05, 0.1) is 11.9 Å². The van der Waals surface area contributed by atoms with Crippen LogP contribution in [-0.2, 0) is 0 Å². The Kier molecular flexibility index (Phi) is 4.86. The highest BCUT2D eigenvalue weighted by atomic mass is 35.5. The molecule has 0 bridgehead atoms. The minimum absolute atomic E-state index is 0.0798. The van der Waals surface area contributed by atoms with Gasteiger partial charge in [0.2, 0.25) is 0 Å². The van der Waals surface area contributed by atoms with E-state index in [4.69, 9.17) is 22.1 Å². The Morgan fingerprint density at radius 3 is 2.43 bits per heavy atom. The summed E-state index contributed by atoms with van der Waals surface area (Å²) in [4.78, 5) is 4.30. The third-order valence-corrected chi connectivity index (χ3v) is 3.70. The van der Waals surface area contributed by atoms with Gasteiger partial charge in [-0.1, -0.05) is 25.4 Å². The van der Waals surface area contributed by atoms with Crippen LogP contribution in [0.25, 0.3) is 0 Å². The Morgan fingerprint density at radius 2 is 1.90 bits per heavy atom. The maximum Gasteiger partial charge on any atom is 0.145 e. The lowest BCUT2D eigenvalue weighted by Gasteiger charge is -2.14. The van der Waals surface area contributed by atoms with Gasteiger partial charge in [-0.2, -0.15) is 0 Å². The maximum absolute atomic E-state index is 6.27. The molecule has 0 saturated heterocycles. The Morgan fingerprint density at radius 1 is 1.19 bits per heavy atom. The number of aryl methyl sites for hydroxylation is 1. The van der Waals surface area contributed by atoms with Crippen molar-refractivity contribution in [2.24, 2.45) is 5.73 Å². The van der Waals surface area contributed by atoms with E-state index < -0.39 is 0 Å². The van der Waals surface area contributed by atoms with Crippen molar-refractivity contribution < 1.29 is 4.74 Å². The normalized spacial score (nSPS) is 12.5. The van der Waals surface area contributed by atoms with Gasteiger partial charge in [-0.25, -0.2) is 0 Å². The molecule has 0 radical (unpaired) electrons. The van der Waals surface area contributed by atoms with E-state index in [2.05, 4.69) is 18.8 Å². The average molecular weight is 305 g/mol. The Labute approximate surface area is 131 Å². The molecule has 3 nitrogen and oxygen atoms in total. The van der Waals surface area contributed by atoms with Crippen LogP contribution in [0.2, 0.25) is 5.02 Å². The minimum atomic E-state index is -0.0798. The molecule has 0 amide bonds. The number of halogens is 1. The fraction of sp³-hybridized carbons (Fsp3) is 0.353. The first-order valence-corrected chi connectivity index (χ1v) is 7.45. The molecule has 1 atom stereocenters. The van der Waals surface area contributed by atoms with Gasteiger partial charge in [0.15, 0.2) is 0 Å². The second-order valence-electron chi connectivity index (χ2n) is 5.60. The van der Waals surface area contributed by atoms with Gasteiger partial charge < -0.3 is 10.5 Å². The largest absolute Gasteiger partial charge is 0.455 e. The van der Waals surface area contributed by atoms with Crippen molar-refractivity contribution in [1.29, 1.82) is 0 Å². The molecule has 4 heteroatoms. The van der Waals surface area contributed by atoms with Crippen LogP contribution in [0.5, 0.6) is 11.5 Å². The smallest absolute Gasteiger partial charge is 0.145 e. The molecule has 1 aromatic heterocycles. The quantitative estimate of drug-likeness (QED) is 0.866. The number of ether oxygens (including phenoxy) is 1. The summed E-state index contributed by atoms with van der Waals surface area (Å²) in [5, 5.41) is 0.778. The highest BCUT2D eigenvalue weighted by Gasteiger charge is 2.11. The minimum Gasteiger partial charge on any atom is -0.455 e. The lowest BCUT2D eigenvalue weighted by molar-refractivity contribution is 0.474. The van der Waals surface area contributed by atoms with Crippen molar-refractivity contribution in [3.63, 3.8) is 0 Å². The monoisotopic (exact) mass is 304 g/mol. The summed E-state index contributed by atoms with van der Waals surface area (Å²) >= 11 is 6.27. The molecule has 0 aliphatic heterocycles. The summed E-state index contributed by atoms with van der Waals surface area (Å²) in [7, 11) is 0. The zero-order chi connectivity index (χ0) is 15.6. The van der Waals surface area contributed by atoms with E-state index in [1.165, 1.54) is 0 Å². The fourth-order valence-corrected chi connectivity index (χ4v) is 2.51. The molecule has 1 unspecified atom stereocenters. The molecule has 0 saturated carbocycles. The molecule has 0 spiro atoms. The van der Waals surface area contributed by atoms with E-state index in [0.29, 0.717) is 11.7 Å². The van der Waals surface area contributed by atoms with Crippen molar-refractivity contribution in [2.75, 3.05) is 0 Å². The van der Waals surface area contributed by atoms with Crippen LogP contribution in [0.1, 0.15) is 49.6 Å². The SMILES string of the molecule is Cc1cc(Cl)c(C(C)C)cc1Oc1ccc(C(C)N)nc1. The highest BCUT2D eigenvalue weighted by Crippen LogP contribution is 2.33. The van der Waals surface area contributed by atoms with E-state index in [1.807, 2.05) is 38.1 Å². The Balaban J connectivity index is 2.28. The molecular formula is C17H21ClN2O. The van der Waals surface area contributed by atoms with Crippen molar-refractivity contribution in [3.05, 3.63) is 52.3 Å². The molecule has 1 aromatic carbocycles. The van der Waals surface area contributed by atoms with Gasteiger partial charge in [-0.15, -0.1) is 0 Å². The number of rotatable bonds is 4. The second-order valence-corrected chi connectivity index (χ2v) is 6.01. The van der Waals surface area contributed by atoms with Crippen molar-refractivity contribution in [2.45, 2.75) is 39.7 Å². The van der Waals surface area contributed by atoms with E-state index in [0.717, 1.165) is 27.6 Å². The van der Waals surface area contributed by atoms with Crippen molar-refractivity contribution >= 4 is 11.6 Å². The standard InChI is InChI=1S/C17H21ClN2O/c1-10(2)14-8-17(11(3)7-15(14)18)21-13-5-6-16(12(4)19)20-9-13/h5-10,12H,19H2,1-4H3. The lowest BCUT2D eigenvalue weighted by Crippen LogP contribution is -2.06. The number of nitrogens with zero attached hydrogens (tertiary/aromatic N) is 1. The van der Waals surface area contributed by atoms with Gasteiger partial charge in [-0.3, -0.25) is 4.98 Å². The van der Waals surface area contributed by atoms with Gasteiger partial charge >= 0.3 is 0 Å². The fourth-order valence-electron chi connectivity index (χ4n) is 2.07. The molecule has 0 aliphatic carbocycles. The molecule has 1 heterocycles. The Bertz CT molecular complexity index is 621. The summed E-state index contributed by atoms with van der Waals surface area (Å²) in [6.45, 7) is 8.11. The Hall–Kier alpha value is -1.58. The van der Waals surface area contributed by atoms with Crippen LogP contribution in [-0.4, -0.2) is 4.98 Å². The van der Waals surface area contributed by atoms with Crippen LogP contribution < -0.4 is 10.5 Å². The van der Waals surface area contributed by atoms with Gasteiger partial charge in [0.1, 0.15) is 11.5 Å². The summed E-state index contributed by atoms with van der Waals surface area (Å²) in [6.07, 6.45) is 1.70. The van der Waals surface area contributed by atoms with Gasteiger partial charge in [-0.05, 0) is 55.2 Å². The average Bonchev–Trinajstić information content (AvgIpc) is 2.42. The molecule has 21 heavy (non-hydrogen) atoms. The summed E-state index contributed by atoms with van der Waals surface area (Å²) < 4.78 is 5.93. The number of pyridine rings is 1. The van der Waals surface area contributed by atoms with Gasteiger partial charge in [0, 0.05) is 11.1 Å². The van der Waals surface area contributed by atoms with Crippen molar-refractivity contribution in [3.8, 4) is 11.5 Å². The first kappa shape index (κ1) is 15.8. The highest BCUT2D eigenvalue weighted by molar-refractivity contribution is 6.31. The number of hydrogen-bond acceptors (Lipinski definition) is 3. The zero-order valence-corrected chi connectivity index (χ0v) is 13.6. The molecular weight excluding hydrogens is 284 g/mol. The van der Waals surface area contributed by atoms with Crippen LogP contribution in [0, 0.1) is 6.92 Å². The number of nitrogens with two attached hydrogens (primary N) is 1. The van der Waals surface area contributed by atoms with E-state index >= 15 is 0 Å². The van der Waals surface area contributed by atoms with E-state index in [1.54, 1.807) is 6.20 Å². The number of benzene rings is 1. The second kappa shape index (κ2) is 6.46. The van der Waals surface area contributed by atoms with E-state index in [9.17, 15) is 0 Å². The van der Waals surface area contributed by atoms with Crippen LogP contribution in [0.15, 0.2) is 30.5 Å². The molecule has 0 fully saturated rings. The summed E-state index contributed by atoms with van der Waals surface area (Å²) in [5.74, 6) is 1.84.